The predicted molar refractivity (Wildman–Crippen MR) is 83.7 cm³/mol. The number of halogens is 2. The minimum atomic E-state index is -0.324. The third kappa shape index (κ3) is 2.59. The molecule has 1 aromatic carbocycles. The van der Waals surface area contributed by atoms with Gasteiger partial charge in [0.1, 0.15) is 16.7 Å². The second kappa shape index (κ2) is 5.58. The van der Waals surface area contributed by atoms with Crippen LogP contribution in [0.1, 0.15) is 12.5 Å². The lowest BCUT2D eigenvalue weighted by Crippen LogP contribution is -1.95. The number of hydrogen-bond acceptors (Lipinski definition) is 4. The summed E-state index contributed by atoms with van der Waals surface area (Å²) in [4.78, 5) is 9.70. The van der Waals surface area contributed by atoms with Crippen molar-refractivity contribution in [3.8, 4) is 16.5 Å². The summed E-state index contributed by atoms with van der Waals surface area (Å²) in [7, 11) is 1.61. The van der Waals surface area contributed by atoms with Gasteiger partial charge in [-0.2, -0.15) is 0 Å². The first kappa shape index (κ1) is 14.2. The van der Waals surface area contributed by atoms with Crippen LogP contribution in [-0.2, 0) is 6.42 Å². The number of benzene rings is 1. The maximum atomic E-state index is 13.6. The van der Waals surface area contributed by atoms with E-state index in [0.717, 1.165) is 16.2 Å². The Labute approximate surface area is 130 Å². The number of nitrogens with zero attached hydrogens (tertiary/aromatic N) is 2. The van der Waals surface area contributed by atoms with Crippen LogP contribution >= 0.6 is 22.9 Å². The van der Waals surface area contributed by atoms with E-state index in [9.17, 15) is 4.39 Å². The number of ether oxygens (including phenoxy) is 1. The fraction of sp³-hybridized carbons (Fsp3) is 0.200. The molecule has 0 aliphatic rings. The fourth-order valence-electron chi connectivity index (χ4n) is 2.15. The Morgan fingerprint density at radius 1 is 1.29 bits per heavy atom. The zero-order valence-electron chi connectivity index (χ0n) is 11.5. The highest BCUT2D eigenvalue weighted by molar-refractivity contribution is 7.13. The maximum Gasteiger partial charge on any atom is 0.171 e. The molecule has 0 fully saturated rings. The van der Waals surface area contributed by atoms with Gasteiger partial charge in [-0.15, -0.1) is 11.3 Å². The van der Waals surface area contributed by atoms with E-state index >= 15 is 0 Å². The van der Waals surface area contributed by atoms with Gasteiger partial charge in [-0.3, -0.25) is 0 Å². The number of hydrogen-bond donors (Lipinski definition) is 0. The Balaban J connectivity index is 2.24. The largest absolute Gasteiger partial charge is 0.496 e. The van der Waals surface area contributed by atoms with Gasteiger partial charge in [0.2, 0.25) is 0 Å². The minimum absolute atomic E-state index is 0.261. The van der Waals surface area contributed by atoms with Crippen LogP contribution in [0.2, 0.25) is 5.15 Å². The summed E-state index contributed by atoms with van der Waals surface area (Å²) in [6, 6.07) is 4.72. The quantitative estimate of drug-likeness (QED) is 0.654. The first-order chi connectivity index (χ1) is 10.1. The van der Waals surface area contributed by atoms with Crippen molar-refractivity contribution in [2.24, 2.45) is 0 Å². The lowest BCUT2D eigenvalue weighted by atomic mass is 10.1. The molecule has 0 atom stereocenters. The Morgan fingerprint density at radius 2 is 2.10 bits per heavy atom. The molecule has 0 spiro atoms. The smallest absolute Gasteiger partial charge is 0.171 e. The molecule has 2 heterocycles. The van der Waals surface area contributed by atoms with Gasteiger partial charge >= 0.3 is 0 Å². The summed E-state index contributed by atoms with van der Waals surface area (Å²) in [5, 5.41) is 2.68. The molecule has 0 amide bonds. The Morgan fingerprint density at radius 3 is 2.76 bits per heavy atom. The normalized spacial score (nSPS) is 11.0. The first-order valence-electron chi connectivity index (χ1n) is 6.41. The molecule has 3 nitrogen and oxygen atoms in total. The minimum Gasteiger partial charge on any atom is -0.496 e. The molecule has 6 heteroatoms. The van der Waals surface area contributed by atoms with E-state index in [4.69, 9.17) is 16.3 Å². The van der Waals surface area contributed by atoms with Crippen molar-refractivity contribution in [1.82, 2.24) is 9.97 Å². The van der Waals surface area contributed by atoms with E-state index in [1.165, 1.54) is 23.5 Å². The molecule has 0 bridgehead atoms. The fourth-order valence-corrected chi connectivity index (χ4v) is 3.16. The summed E-state index contributed by atoms with van der Waals surface area (Å²) < 4.78 is 18.8. The van der Waals surface area contributed by atoms with Crippen LogP contribution in [0, 0.1) is 5.82 Å². The molecule has 0 aliphatic carbocycles. The molecule has 0 radical (unpaired) electrons. The highest BCUT2D eigenvalue weighted by atomic mass is 35.5. The van der Waals surface area contributed by atoms with Crippen LogP contribution in [0.3, 0.4) is 0 Å². The molecule has 108 valence electrons. The van der Waals surface area contributed by atoms with Gasteiger partial charge in [0.15, 0.2) is 5.82 Å². The molecule has 0 saturated carbocycles. The summed E-state index contributed by atoms with van der Waals surface area (Å²) in [5.74, 6) is 0.960. The van der Waals surface area contributed by atoms with E-state index in [-0.39, 0.29) is 11.0 Å². The summed E-state index contributed by atoms with van der Waals surface area (Å²) >= 11 is 7.69. The molecule has 0 aliphatic heterocycles. The van der Waals surface area contributed by atoms with E-state index in [2.05, 4.69) is 9.97 Å². The third-order valence-corrected chi connectivity index (χ3v) is 4.40. The Hall–Kier alpha value is -1.72. The van der Waals surface area contributed by atoms with Crippen molar-refractivity contribution in [2.75, 3.05) is 7.11 Å². The molecule has 3 aromatic rings. The summed E-state index contributed by atoms with van der Waals surface area (Å²) in [5.41, 5.74) is 1.51. The van der Waals surface area contributed by atoms with Crippen molar-refractivity contribution < 1.29 is 9.13 Å². The van der Waals surface area contributed by atoms with Gasteiger partial charge in [-0.05, 0) is 24.1 Å². The lowest BCUT2D eigenvalue weighted by Gasteiger charge is -2.07. The number of thiophene rings is 1. The molecule has 21 heavy (non-hydrogen) atoms. The first-order valence-corrected chi connectivity index (χ1v) is 7.66. The average Bonchev–Trinajstić information content (AvgIpc) is 2.96. The number of rotatable bonds is 3. The number of fused-ring (bicyclic) bond motifs is 1. The van der Waals surface area contributed by atoms with Crippen LogP contribution < -0.4 is 4.74 Å². The summed E-state index contributed by atoms with van der Waals surface area (Å²) in [6.45, 7) is 1.96. The summed E-state index contributed by atoms with van der Waals surface area (Å²) in [6.07, 6.45) is 0.675. The Kier molecular flexibility index (Phi) is 3.78. The van der Waals surface area contributed by atoms with Crippen LogP contribution in [0.5, 0.6) is 5.75 Å². The van der Waals surface area contributed by atoms with Gasteiger partial charge in [-0.25, -0.2) is 14.4 Å². The lowest BCUT2D eigenvalue weighted by molar-refractivity contribution is 0.417. The van der Waals surface area contributed by atoms with Crippen molar-refractivity contribution >= 4 is 33.8 Å². The molecule has 3 rings (SSSR count). The molecule has 0 N–H and O–H groups in total. The molecular formula is C15H12ClFN2OS. The van der Waals surface area contributed by atoms with Crippen molar-refractivity contribution in [3.05, 3.63) is 40.1 Å². The van der Waals surface area contributed by atoms with Crippen molar-refractivity contribution in [2.45, 2.75) is 13.3 Å². The second-order valence-electron chi connectivity index (χ2n) is 4.50. The van der Waals surface area contributed by atoms with Crippen LogP contribution in [-0.4, -0.2) is 17.1 Å². The maximum absolute atomic E-state index is 13.6. The van der Waals surface area contributed by atoms with Gasteiger partial charge < -0.3 is 4.74 Å². The topological polar surface area (TPSA) is 35.0 Å². The van der Waals surface area contributed by atoms with E-state index in [1.807, 2.05) is 18.4 Å². The van der Waals surface area contributed by atoms with E-state index in [0.29, 0.717) is 23.1 Å². The SMILES string of the molecule is CCc1cc(F)cc2c(Cl)nc(-c3cc(OC)cs3)nc12. The van der Waals surface area contributed by atoms with Crippen LogP contribution in [0.25, 0.3) is 21.6 Å². The van der Waals surface area contributed by atoms with E-state index < -0.39 is 0 Å². The van der Waals surface area contributed by atoms with E-state index in [1.54, 1.807) is 7.11 Å². The van der Waals surface area contributed by atoms with Gasteiger partial charge in [-0.1, -0.05) is 18.5 Å². The highest BCUT2D eigenvalue weighted by Crippen LogP contribution is 2.32. The monoisotopic (exact) mass is 322 g/mol. The third-order valence-electron chi connectivity index (χ3n) is 3.21. The molecule has 2 aromatic heterocycles. The molecule has 0 unspecified atom stereocenters. The van der Waals surface area contributed by atoms with Crippen molar-refractivity contribution in [3.63, 3.8) is 0 Å². The standard InChI is InChI=1S/C15H12ClFN2OS/c1-3-8-4-9(17)5-11-13(8)18-15(19-14(11)16)12-6-10(20-2)7-21-12/h4-7H,3H2,1-2H3. The highest BCUT2D eigenvalue weighted by Gasteiger charge is 2.14. The Bertz CT molecular complexity index is 819. The van der Waals surface area contributed by atoms with Gasteiger partial charge in [0.05, 0.1) is 17.5 Å². The van der Waals surface area contributed by atoms with Gasteiger partial charge in [0.25, 0.3) is 0 Å². The zero-order valence-corrected chi connectivity index (χ0v) is 13.1. The number of methoxy groups -OCH3 is 1. The van der Waals surface area contributed by atoms with Crippen LogP contribution in [0.15, 0.2) is 23.6 Å². The van der Waals surface area contributed by atoms with Crippen molar-refractivity contribution in [1.29, 1.82) is 0 Å². The molecule has 0 saturated heterocycles. The second-order valence-corrected chi connectivity index (χ2v) is 5.77. The number of aromatic nitrogens is 2. The predicted octanol–water partition coefficient (Wildman–Crippen LogP) is 4.72. The number of aryl methyl sites for hydroxylation is 1. The van der Waals surface area contributed by atoms with Crippen LogP contribution in [0.4, 0.5) is 4.39 Å². The molecular weight excluding hydrogens is 311 g/mol. The van der Waals surface area contributed by atoms with Gasteiger partial charge in [0, 0.05) is 16.8 Å². The zero-order chi connectivity index (χ0) is 15.0. The average molecular weight is 323 g/mol.